The molecule has 0 bridgehead atoms. The number of hydrogen-bond donors (Lipinski definition) is 2. The van der Waals surface area contributed by atoms with Crippen LogP contribution >= 0.6 is 11.6 Å². The number of anilines is 1. The molecule has 0 aliphatic heterocycles. The third-order valence-corrected chi connectivity index (χ3v) is 4.92. The number of hydrogen-bond acceptors (Lipinski definition) is 6. The molecule has 33 heavy (non-hydrogen) atoms. The van der Waals surface area contributed by atoms with E-state index >= 15 is 0 Å². The Bertz CT molecular complexity index is 970. The molecular weight excluding hydrogens is 448 g/mol. The molecule has 1 atom stereocenters. The summed E-state index contributed by atoms with van der Waals surface area (Å²) in [7, 11) is 1.51. The number of amides is 3. The molecule has 180 valence electrons. The van der Waals surface area contributed by atoms with E-state index in [0.717, 1.165) is 0 Å². The second-order valence-electron chi connectivity index (χ2n) is 8.61. The molecule has 9 nitrogen and oxygen atoms in total. The molecule has 1 heterocycles. The fourth-order valence-electron chi connectivity index (χ4n) is 3.17. The number of benzene rings is 1. The van der Waals surface area contributed by atoms with Crippen LogP contribution in [-0.2, 0) is 19.1 Å². The molecule has 3 amide bonds. The third kappa shape index (κ3) is 8.18. The normalized spacial score (nSPS) is 12.2. The van der Waals surface area contributed by atoms with Crippen LogP contribution < -0.4 is 10.6 Å². The number of rotatable bonds is 10. The number of halogens is 1. The molecule has 0 aliphatic carbocycles. The van der Waals surface area contributed by atoms with Gasteiger partial charge < -0.3 is 24.8 Å². The summed E-state index contributed by atoms with van der Waals surface area (Å²) < 4.78 is 10.1. The van der Waals surface area contributed by atoms with Crippen molar-refractivity contribution in [2.75, 3.05) is 25.6 Å². The summed E-state index contributed by atoms with van der Waals surface area (Å²) in [6.45, 7) is 7.62. The van der Waals surface area contributed by atoms with E-state index < -0.39 is 17.5 Å². The first kappa shape index (κ1) is 26.3. The molecule has 0 unspecified atom stereocenters. The van der Waals surface area contributed by atoms with Crippen molar-refractivity contribution in [3.8, 4) is 0 Å². The van der Waals surface area contributed by atoms with Crippen molar-refractivity contribution in [2.45, 2.75) is 52.1 Å². The van der Waals surface area contributed by atoms with Gasteiger partial charge in [0.25, 0.3) is 0 Å². The number of aryl methyl sites for hydroxylation is 1. The molecule has 10 heteroatoms. The molecule has 2 rings (SSSR count). The van der Waals surface area contributed by atoms with E-state index in [-0.39, 0.29) is 43.6 Å². The number of nitrogens with one attached hydrogen (secondary N) is 2. The molecule has 0 saturated heterocycles. The number of carbonyl (C=O) groups excluding carboxylic acids is 3. The zero-order valence-corrected chi connectivity index (χ0v) is 20.4. The van der Waals surface area contributed by atoms with Crippen molar-refractivity contribution in [1.82, 2.24) is 15.4 Å². The Kier molecular flexibility index (Phi) is 9.43. The summed E-state index contributed by atoms with van der Waals surface area (Å²) in [5.41, 5.74) is -0.0322. The van der Waals surface area contributed by atoms with Crippen LogP contribution in [0.4, 0.5) is 5.82 Å². The van der Waals surface area contributed by atoms with Crippen LogP contribution in [0, 0.1) is 6.92 Å². The maximum atomic E-state index is 13.3. The largest absolute Gasteiger partial charge is 0.383 e. The Labute approximate surface area is 198 Å². The topological polar surface area (TPSA) is 114 Å². The van der Waals surface area contributed by atoms with E-state index in [0.29, 0.717) is 16.3 Å². The van der Waals surface area contributed by atoms with Gasteiger partial charge in [-0.15, -0.1) is 0 Å². The lowest BCUT2D eigenvalue weighted by Crippen LogP contribution is -2.50. The first-order valence-electron chi connectivity index (χ1n) is 10.6. The highest BCUT2D eigenvalue weighted by molar-refractivity contribution is 6.31. The maximum absolute atomic E-state index is 13.3. The minimum atomic E-state index is -0.984. The predicted octanol–water partition coefficient (Wildman–Crippen LogP) is 3.49. The van der Waals surface area contributed by atoms with Gasteiger partial charge in [-0.3, -0.25) is 14.4 Å². The van der Waals surface area contributed by atoms with E-state index in [1.54, 1.807) is 37.3 Å². The minimum absolute atomic E-state index is 0.0929. The van der Waals surface area contributed by atoms with Gasteiger partial charge in [0.15, 0.2) is 5.82 Å². The highest BCUT2D eigenvalue weighted by atomic mass is 35.5. The number of aromatic nitrogens is 1. The fraction of sp³-hybridized carbons (Fsp3) is 0.478. The fourth-order valence-corrected chi connectivity index (χ4v) is 3.41. The molecule has 0 aliphatic rings. The van der Waals surface area contributed by atoms with Gasteiger partial charge in [0, 0.05) is 48.7 Å². The van der Waals surface area contributed by atoms with Crippen molar-refractivity contribution in [1.29, 1.82) is 0 Å². The lowest BCUT2D eigenvalue weighted by Gasteiger charge is -2.34. The van der Waals surface area contributed by atoms with Gasteiger partial charge in [-0.05, 0) is 33.8 Å². The van der Waals surface area contributed by atoms with Gasteiger partial charge in [0.1, 0.15) is 11.8 Å². The van der Waals surface area contributed by atoms with Crippen LogP contribution in [0.3, 0.4) is 0 Å². The molecule has 0 saturated carbocycles. The molecule has 1 aromatic heterocycles. The van der Waals surface area contributed by atoms with Crippen LogP contribution in [0.15, 0.2) is 34.9 Å². The summed E-state index contributed by atoms with van der Waals surface area (Å²) in [6.07, 6.45) is -0.208. The van der Waals surface area contributed by atoms with Gasteiger partial charge in [0.2, 0.25) is 17.7 Å². The van der Waals surface area contributed by atoms with Crippen LogP contribution in [0.2, 0.25) is 5.02 Å². The average Bonchev–Trinajstić information content (AvgIpc) is 3.13. The number of carbonyl (C=O) groups is 3. The van der Waals surface area contributed by atoms with Crippen molar-refractivity contribution < 1.29 is 23.6 Å². The molecule has 0 radical (unpaired) electrons. The Hall–Kier alpha value is -2.91. The summed E-state index contributed by atoms with van der Waals surface area (Å²) in [5, 5.41) is 9.58. The first-order valence-corrected chi connectivity index (χ1v) is 11.0. The second kappa shape index (κ2) is 11.8. The van der Waals surface area contributed by atoms with Crippen LogP contribution in [0.1, 0.15) is 51.0 Å². The highest BCUT2D eigenvalue weighted by Crippen LogP contribution is 2.29. The third-order valence-electron chi connectivity index (χ3n) is 4.58. The summed E-state index contributed by atoms with van der Waals surface area (Å²) >= 11 is 6.41. The summed E-state index contributed by atoms with van der Waals surface area (Å²) in [5.74, 6) is -0.314. The second-order valence-corrected chi connectivity index (χ2v) is 9.02. The maximum Gasteiger partial charge on any atom is 0.247 e. The Morgan fingerprint density at radius 2 is 1.91 bits per heavy atom. The van der Waals surface area contributed by atoms with E-state index in [1.807, 2.05) is 20.8 Å². The zero-order valence-electron chi connectivity index (χ0n) is 19.6. The predicted molar refractivity (Wildman–Crippen MR) is 125 cm³/mol. The Morgan fingerprint density at radius 3 is 2.48 bits per heavy atom. The van der Waals surface area contributed by atoms with E-state index in [9.17, 15) is 14.4 Å². The average molecular weight is 479 g/mol. The highest BCUT2D eigenvalue weighted by Gasteiger charge is 2.34. The van der Waals surface area contributed by atoms with Crippen LogP contribution in [0.25, 0.3) is 0 Å². The van der Waals surface area contributed by atoms with Gasteiger partial charge >= 0.3 is 0 Å². The van der Waals surface area contributed by atoms with Gasteiger partial charge in [-0.1, -0.05) is 35.0 Å². The zero-order chi connectivity index (χ0) is 24.6. The van der Waals surface area contributed by atoms with E-state index in [2.05, 4.69) is 15.8 Å². The van der Waals surface area contributed by atoms with Crippen LogP contribution in [-0.4, -0.2) is 53.6 Å². The molecule has 2 aromatic rings. The van der Waals surface area contributed by atoms with Gasteiger partial charge in [0.05, 0.1) is 6.61 Å². The molecule has 1 aromatic carbocycles. The monoisotopic (exact) mass is 478 g/mol. The van der Waals surface area contributed by atoms with Crippen LogP contribution in [0.5, 0.6) is 0 Å². The first-order chi connectivity index (χ1) is 15.5. The van der Waals surface area contributed by atoms with E-state index in [1.165, 1.54) is 12.0 Å². The SMILES string of the molecule is COCCN(C(=O)CCC(=O)Nc1cc(C)on1)[C@@H](C(=O)NC(C)(C)C)c1ccccc1Cl. The van der Waals surface area contributed by atoms with Gasteiger partial charge in [-0.25, -0.2) is 0 Å². The molecule has 0 fully saturated rings. The number of ether oxygens (including phenoxy) is 1. The van der Waals surface area contributed by atoms with Gasteiger partial charge in [-0.2, -0.15) is 0 Å². The van der Waals surface area contributed by atoms with E-state index in [4.69, 9.17) is 20.9 Å². The molecule has 2 N–H and O–H groups in total. The Morgan fingerprint density at radius 1 is 1.21 bits per heavy atom. The van der Waals surface area contributed by atoms with Crippen molar-refractivity contribution in [3.05, 3.63) is 46.7 Å². The Balaban J connectivity index is 2.25. The smallest absolute Gasteiger partial charge is 0.247 e. The quantitative estimate of drug-likeness (QED) is 0.540. The summed E-state index contributed by atoms with van der Waals surface area (Å²) in [4.78, 5) is 40.2. The number of methoxy groups -OCH3 is 1. The lowest BCUT2D eigenvalue weighted by atomic mass is 10.0. The molecular formula is C23H31ClN4O5. The summed E-state index contributed by atoms with van der Waals surface area (Å²) in [6, 6.07) is 7.48. The standard InChI is InChI=1S/C23H31ClN4O5/c1-15-14-18(27-33-15)25-19(29)10-11-20(30)28(12-13-32-5)21(22(31)26-23(2,3)4)16-8-6-7-9-17(16)24/h6-9,14,21H,10-13H2,1-5H3,(H,26,31)(H,25,27,29)/t21-/m1/s1. The van der Waals surface area contributed by atoms with Crippen molar-refractivity contribution in [3.63, 3.8) is 0 Å². The van der Waals surface area contributed by atoms with Crippen molar-refractivity contribution >= 4 is 35.1 Å². The molecule has 0 spiro atoms. The lowest BCUT2D eigenvalue weighted by molar-refractivity contribution is -0.142. The number of nitrogens with zero attached hydrogens (tertiary/aromatic N) is 2. The van der Waals surface area contributed by atoms with Crippen molar-refractivity contribution in [2.24, 2.45) is 0 Å². The minimum Gasteiger partial charge on any atom is -0.383 e.